The smallest absolute Gasteiger partial charge is 0.306 e. The van der Waals surface area contributed by atoms with Gasteiger partial charge in [0.25, 0.3) is 0 Å². The highest BCUT2D eigenvalue weighted by molar-refractivity contribution is 7.80. The van der Waals surface area contributed by atoms with Crippen molar-refractivity contribution < 1.29 is 14.3 Å². The van der Waals surface area contributed by atoms with Gasteiger partial charge in [-0.1, -0.05) is 0 Å². The molecule has 0 aromatic rings. The van der Waals surface area contributed by atoms with Crippen molar-refractivity contribution >= 4 is 18.6 Å². The van der Waals surface area contributed by atoms with Crippen LogP contribution in [-0.4, -0.2) is 31.5 Å². The lowest BCUT2D eigenvalue weighted by Crippen LogP contribution is -2.12. The second kappa shape index (κ2) is 7.43. The van der Waals surface area contributed by atoms with Gasteiger partial charge in [-0.3, -0.25) is 4.79 Å². The highest BCUT2D eigenvalue weighted by Gasteiger charge is 2.03. The summed E-state index contributed by atoms with van der Waals surface area (Å²) in [4.78, 5) is 10.8. The van der Waals surface area contributed by atoms with E-state index in [1.165, 1.54) is 0 Å². The quantitative estimate of drug-likeness (QED) is 0.508. The van der Waals surface area contributed by atoms with E-state index >= 15 is 0 Å². The molecule has 0 saturated carbocycles. The van der Waals surface area contributed by atoms with E-state index in [0.717, 1.165) is 6.42 Å². The van der Waals surface area contributed by atoms with Gasteiger partial charge in [0.1, 0.15) is 0 Å². The lowest BCUT2D eigenvalue weighted by molar-refractivity contribution is -0.143. The summed E-state index contributed by atoms with van der Waals surface area (Å²) in [7, 11) is 1.64. The summed E-state index contributed by atoms with van der Waals surface area (Å²) in [6.07, 6.45) is 1.27. The van der Waals surface area contributed by atoms with Crippen LogP contribution in [0.3, 0.4) is 0 Å². The number of ether oxygens (including phenoxy) is 2. The van der Waals surface area contributed by atoms with Crippen molar-refractivity contribution in [1.82, 2.24) is 0 Å². The van der Waals surface area contributed by atoms with Crippen LogP contribution >= 0.6 is 12.6 Å². The number of hydrogen-bond donors (Lipinski definition) is 1. The Labute approximate surface area is 78.8 Å². The number of rotatable bonds is 6. The van der Waals surface area contributed by atoms with Crippen LogP contribution in [0, 0.1) is 0 Å². The Bertz CT molecular complexity index is 127. The minimum atomic E-state index is -0.187. The van der Waals surface area contributed by atoms with Gasteiger partial charge in [0.05, 0.1) is 19.1 Å². The number of hydrogen-bond acceptors (Lipinski definition) is 4. The van der Waals surface area contributed by atoms with Gasteiger partial charge in [-0.2, -0.15) is 12.6 Å². The third-order valence-corrected chi connectivity index (χ3v) is 1.73. The molecule has 0 bridgehead atoms. The number of carbonyl (C=O) groups excluding carboxylic acids is 1. The number of methoxy groups -OCH3 is 1. The molecule has 3 nitrogen and oxygen atoms in total. The Hall–Kier alpha value is -0.220. The molecule has 0 aliphatic heterocycles. The van der Waals surface area contributed by atoms with Crippen LogP contribution in [0.15, 0.2) is 0 Å². The van der Waals surface area contributed by atoms with Gasteiger partial charge in [-0.15, -0.1) is 0 Å². The van der Waals surface area contributed by atoms with Gasteiger partial charge in [-0.05, 0) is 6.92 Å². The third-order valence-electron chi connectivity index (χ3n) is 1.51. The van der Waals surface area contributed by atoms with Crippen molar-refractivity contribution in [3.8, 4) is 0 Å². The van der Waals surface area contributed by atoms with Crippen LogP contribution in [0.2, 0.25) is 0 Å². The molecule has 0 saturated heterocycles. The molecule has 1 unspecified atom stereocenters. The first-order chi connectivity index (χ1) is 5.70. The summed E-state index contributed by atoms with van der Waals surface area (Å²) in [5.74, 6) is 0.354. The number of esters is 1. The molecule has 0 rings (SSSR count). The van der Waals surface area contributed by atoms with E-state index < -0.39 is 0 Å². The van der Waals surface area contributed by atoms with E-state index in [2.05, 4.69) is 12.6 Å². The fraction of sp³-hybridized carbons (Fsp3) is 0.875. The summed E-state index contributed by atoms with van der Waals surface area (Å²) in [5.41, 5.74) is 0. The van der Waals surface area contributed by atoms with E-state index in [9.17, 15) is 4.79 Å². The standard InChI is InChI=1S/C8H16O3S/c1-7(10-2)3-5-11-8(9)4-6-12/h7,12H,3-6H2,1-2H3. The first kappa shape index (κ1) is 11.8. The molecular formula is C8H16O3S. The van der Waals surface area contributed by atoms with Crippen molar-refractivity contribution in [2.75, 3.05) is 19.5 Å². The molecule has 0 N–H and O–H groups in total. The van der Waals surface area contributed by atoms with Gasteiger partial charge in [0.2, 0.25) is 0 Å². The molecule has 12 heavy (non-hydrogen) atoms. The van der Waals surface area contributed by atoms with Crippen molar-refractivity contribution in [2.24, 2.45) is 0 Å². The van der Waals surface area contributed by atoms with Crippen LogP contribution < -0.4 is 0 Å². The Morgan fingerprint density at radius 1 is 1.58 bits per heavy atom. The Morgan fingerprint density at radius 2 is 2.25 bits per heavy atom. The topological polar surface area (TPSA) is 35.5 Å². The molecule has 0 amide bonds. The normalized spacial score (nSPS) is 12.6. The first-order valence-corrected chi connectivity index (χ1v) is 4.63. The summed E-state index contributed by atoms with van der Waals surface area (Å²) in [6, 6.07) is 0. The second-order valence-electron chi connectivity index (χ2n) is 2.53. The second-order valence-corrected chi connectivity index (χ2v) is 2.98. The molecule has 0 aliphatic rings. The Kier molecular flexibility index (Phi) is 7.29. The Morgan fingerprint density at radius 3 is 2.75 bits per heavy atom. The lowest BCUT2D eigenvalue weighted by atomic mass is 10.3. The van der Waals surface area contributed by atoms with Crippen molar-refractivity contribution in [3.63, 3.8) is 0 Å². The molecule has 0 fully saturated rings. The largest absolute Gasteiger partial charge is 0.466 e. The number of carbonyl (C=O) groups is 1. The maximum atomic E-state index is 10.8. The van der Waals surface area contributed by atoms with E-state index in [4.69, 9.17) is 9.47 Å². The summed E-state index contributed by atoms with van der Waals surface area (Å²) >= 11 is 3.92. The summed E-state index contributed by atoms with van der Waals surface area (Å²) < 4.78 is 9.87. The van der Waals surface area contributed by atoms with Gasteiger partial charge in [0.15, 0.2) is 0 Å². The fourth-order valence-corrected chi connectivity index (χ4v) is 0.803. The zero-order chi connectivity index (χ0) is 9.40. The molecule has 0 spiro atoms. The SMILES string of the molecule is COC(C)CCOC(=O)CCS. The van der Waals surface area contributed by atoms with Gasteiger partial charge < -0.3 is 9.47 Å². The average molecular weight is 192 g/mol. The Balaban J connectivity index is 3.24. The van der Waals surface area contributed by atoms with Crippen molar-refractivity contribution in [1.29, 1.82) is 0 Å². The highest BCUT2D eigenvalue weighted by Crippen LogP contribution is 1.97. The zero-order valence-electron chi connectivity index (χ0n) is 7.58. The van der Waals surface area contributed by atoms with E-state index in [1.54, 1.807) is 7.11 Å². The molecule has 0 aromatic heterocycles. The first-order valence-electron chi connectivity index (χ1n) is 4.00. The molecule has 72 valence electrons. The maximum absolute atomic E-state index is 10.8. The van der Waals surface area contributed by atoms with Crippen LogP contribution in [0.1, 0.15) is 19.8 Å². The molecule has 0 heterocycles. The summed E-state index contributed by atoms with van der Waals surface area (Å²) in [6.45, 7) is 2.37. The van der Waals surface area contributed by atoms with Crippen molar-refractivity contribution in [3.05, 3.63) is 0 Å². The van der Waals surface area contributed by atoms with E-state index in [1.807, 2.05) is 6.92 Å². The molecule has 0 aromatic carbocycles. The minimum absolute atomic E-state index is 0.147. The van der Waals surface area contributed by atoms with E-state index in [-0.39, 0.29) is 12.1 Å². The van der Waals surface area contributed by atoms with E-state index in [0.29, 0.717) is 18.8 Å². The van der Waals surface area contributed by atoms with Crippen LogP contribution in [0.5, 0.6) is 0 Å². The van der Waals surface area contributed by atoms with Crippen LogP contribution in [0.4, 0.5) is 0 Å². The molecule has 1 atom stereocenters. The number of thiol groups is 1. The molecular weight excluding hydrogens is 176 g/mol. The molecule has 0 radical (unpaired) electrons. The molecule has 4 heteroatoms. The summed E-state index contributed by atoms with van der Waals surface area (Å²) in [5, 5.41) is 0. The minimum Gasteiger partial charge on any atom is -0.466 e. The predicted octanol–water partition coefficient (Wildman–Crippen LogP) is 1.27. The van der Waals surface area contributed by atoms with Crippen molar-refractivity contribution in [2.45, 2.75) is 25.9 Å². The monoisotopic (exact) mass is 192 g/mol. The molecule has 0 aliphatic carbocycles. The zero-order valence-corrected chi connectivity index (χ0v) is 8.47. The lowest BCUT2D eigenvalue weighted by Gasteiger charge is -2.08. The maximum Gasteiger partial charge on any atom is 0.306 e. The predicted molar refractivity (Wildman–Crippen MR) is 50.5 cm³/mol. The average Bonchev–Trinajstić information content (AvgIpc) is 2.04. The van der Waals surface area contributed by atoms with Gasteiger partial charge >= 0.3 is 5.97 Å². The highest BCUT2D eigenvalue weighted by atomic mass is 32.1. The van der Waals surface area contributed by atoms with Crippen LogP contribution in [-0.2, 0) is 14.3 Å². The third kappa shape index (κ3) is 6.49. The van der Waals surface area contributed by atoms with Gasteiger partial charge in [0, 0.05) is 19.3 Å². The van der Waals surface area contributed by atoms with Crippen LogP contribution in [0.25, 0.3) is 0 Å². The van der Waals surface area contributed by atoms with Gasteiger partial charge in [-0.25, -0.2) is 0 Å². The fourth-order valence-electron chi connectivity index (χ4n) is 0.620.